The van der Waals surface area contributed by atoms with E-state index in [0.29, 0.717) is 23.8 Å². The van der Waals surface area contributed by atoms with E-state index >= 15 is 0 Å². The van der Waals surface area contributed by atoms with E-state index in [1.807, 2.05) is 37.6 Å². The number of likely N-dealkylation sites (N-methyl/N-ethyl adjacent to an activating group) is 1. The summed E-state index contributed by atoms with van der Waals surface area (Å²) in [5, 5.41) is 5.16. The van der Waals surface area contributed by atoms with Crippen LogP contribution >= 0.6 is 0 Å². The van der Waals surface area contributed by atoms with E-state index in [9.17, 15) is 9.59 Å². The predicted molar refractivity (Wildman–Crippen MR) is 155 cm³/mol. The third-order valence-corrected chi connectivity index (χ3v) is 10.3. The van der Waals surface area contributed by atoms with Crippen LogP contribution < -0.4 is 4.90 Å². The van der Waals surface area contributed by atoms with Crippen molar-refractivity contribution < 1.29 is 14.3 Å². The largest absolute Gasteiger partial charge is 0.444 e. The van der Waals surface area contributed by atoms with Gasteiger partial charge in [0.05, 0.1) is 12.1 Å². The summed E-state index contributed by atoms with van der Waals surface area (Å²) in [6.07, 6.45) is 6.62. The number of fused-ring (bicyclic) bond motifs is 1. The summed E-state index contributed by atoms with van der Waals surface area (Å²) in [6, 6.07) is 2.78. The summed E-state index contributed by atoms with van der Waals surface area (Å²) in [5.74, 6) is 2.54. The maximum atomic E-state index is 12.9. The van der Waals surface area contributed by atoms with E-state index in [-0.39, 0.29) is 23.1 Å². The van der Waals surface area contributed by atoms with Crippen LogP contribution in [0.3, 0.4) is 0 Å². The van der Waals surface area contributed by atoms with Crippen LogP contribution in [-0.4, -0.2) is 100.0 Å². The number of carbonyl (C=O) groups excluding carboxylic acids is 2. The number of nitrogens with zero attached hydrogens (tertiary/aromatic N) is 6. The second-order valence-electron chi connectivity index (χ2n) is 15.4. The van der Waals surface area contributed by atoms with Gasteiger partial charge in [-0.2, -0.15) is 5.10 Å². The average Bonchev–Trinajstić information content (AvgIpc) is 3.29. The van der Waals surface area contributed by atoms with Gasteiger partial charge in [0.2, 0.25) is 5.91 Å². The van der Waals surface area contributed by atoms with Crippen LogP contribution in [0.2, 0.25) is 0 Å². The third-order valence-electron chi connectivity index (χ3n) is 10.3. The molecule has 4 saturated heterocycles. The highest BCUT2D eigenvalue weighted by Gasteiger charge is 2.55. The van der Waals surface area contributed by atoms with Gasteiger partial charge in [0.25, 0.3) is 0 Å². The van der Waals surface area contributed by atoms with Gasteiger partial charge in [-0.15, -0.1) is 0 Å². The Labute approximate surface area is 240 Å². The Bertz CT molecular complexity index is 1140. The lowest BCUT2D eigenvalue weighted by atomic mass is 9.61. The first-order valence-electron chi connectivity index (χ1n) is 15.5. The molecule has 5 fully saturated rings. The summed E-state index contributed by atoms with van der Waals surface area (Å²) in [4.78, 5) is 34.1. The first-order valence-corrected chi connectivity index (χ1v) is 15.5. The molecule has 4 aliphatic heterocycles. The molecule has 3 atom stereocenters. The third kappa shape index (κ3) is 5.01. The number of aryl methyl sites for hydroxylation is 1. The molecule has 1 saturated carbocycles. The number of anilines is 1. The van der Waals surface area contributed by atoms with Crippen molar-refractivity contribution in [3.05, 3.63) is 11.8 Å². The zero-order valence-corrected chi connectivity index (χ0v) is 25.8. The highest BCUT2D eigenvalue weighted by Crippen LogP contribution is 2.54. The fraction of sp³-hybridized carbons (Fsp3) is 0.839. The van der Waals surface area contributed by atoms with Crippen LogP contribution in [0.4, 0.5) is 10.6 Å². The van der Waals surface area contributed by atoms with Gasteiger partial charge in [-0.05, 0) is 92.5 Å². The number of likely N-dealkylation sites (tertiary alicyclic amines) is 3. The molecule has 5 aliphatic rings. The molecule has 0 radical (unpaired) electrons. The van der Waals surface area contributed by atoms with E-state index in [0.717, 1.165) is 70.8 Å². The van der Waals surface area contributed by atoms with Crippen molar-refractivity contribution in [2.24, 2.45) is 17.3 Å². The van der Waals surface area contributed by atoms with Gasteiger partial charge >= 0.3 is 6.09 Å². The second-order valence-corrected chi connectivity index (χ2v) is 15.4. The van der Waals surface area contributed by atoms with Gasteiger partial charge in [0.15, 0.2) is 5.82 Å². The maximum absolute atomic E-state index is 12.9. The van der Waals surface area contributed by atoms with E-state index in [1.54, 1.807) is 0 Å². The number of piperidine rings is 2. The lowest BCUT2D eigenvalue weighted by Gasteiger charge is -2.58. The van der Waals surface area contributed by atoms with Crippen molar-refractivity contribution in [3.8, 4) is 0 Å². The number of aromatic nitrogens is 2. The van der Waals surface area contributed by atoms with Crippen molar-refractivity contribution in [2.75, 3.05) is 51.2 Å². The smallest absolute Gasteiger partial charge is 0.410 e. The normalized spacial score (nSPS) is 30.3. The zero-order chi connectivity index (χ0) is 28.6. The molecule has 1 aromatic rings. The van der Waals surface area contributed by atoms with Gasteiger partial charge in [-0.25, -0.2) is 4.79 Å². The topological polar surface area (TPSA) is 74.2 Å². The summed E-state index contributed by atoms with van der Waals surface area (Å²) in [7, 11) is 1.97. The minimum Gasteiger partial charge on any atom is -0.444 e. The molecule has 9 heteroatoms. The van der Waals surface area contributed by atoms with Crippen LogP contribution in [0, 0.1) is 24.2 Å². The Hall–Kier alpha value is -2.29. The van der Waals surface area contributed by atoms with Crippen LogP contribution in [-0.2, 0) is 9.53 Å². The van der Waals surface area contributed by atoms with Gasteiger partial charge in [0, 0.05) is 68.4 Å². The van der Waals surface area contributed by atoms with Crippen LogP contribution in [0.15, 0.2) is 6.07 Å². The lowest BCUT2D eigenvalue weighted by molar-refractivity contribution is -0.132. The van der Waals surface area contributed by atoms with Crippen molar-refractivity contribution in [1.82, 2.24) is 24.5 Å². The fourth-order valence-electron chi connectivity index (χ4n) is 8.58. The summed E-state index contributed by atoms with van der Waals surface area (Å²) in [5.41, 5.74) is 1.03. The summed E-state index contributed by atoms with van der Waals surface area (Å²) in [6.45, 7) is 18.3. The monoisotopic (exact) mass is 554 g/mol. The highest BCUT2D eigenvalue weighted by molar-refractivity contribution is 5.84. The number of rotatable bonds is 4. The highest BCUT2D eigenvalue weighted by atomic mass is 16.6. The molecule has 222 valence electrons. The first-order chi connectivity index (χ1) is 18.7. The predicted octanol–water partition coefficient (Wildman–Crippen LogP) is 4.31. The Morgan fingerprint density at radius 3 is 2.52 bits per heavy atom. The Morgan fingerprint density at radius 2 is 1.85 bits per heavy atom. The number of hydrogen-bond donors (Lipinski definition) is 0. The molecule has 5 heterocycles. The number of carbonyl (C=O) groups is 2. The summed E-state index contributed by atoms with van der Waals surface area (Å²) >= 11 is 0. The molecule has 6 rings (SSSR count). The van der Waals surface area contributed by atoms with Crippen molar-refractivity contribution in [3.63, 3.8) is 0 Å². The van der Waals surface area contributed by atoms with Gasteiger partial charge < -0.3 is 19.4 Å². The number of hydrogen-bond acceptors (Lipinski definition) is 6. The van der Waals surface area contributed by atoms with E-state index in [4.69, 9.17) is 9.84 Å². The molecule has 0 bridgehead atoms. The Balaban J connectivity index is 1.04. The molecule has 0 aromatic carbocycles. The van der Waals surface area contributed by atoms with Crippen LogP contribution in [0.25, 0.3) is 0 Å². The zero-order valence-electron chi connectivity index (χ0n) is 25.8. The molecule has 40 heavy (non-hydrogen) atoms. The van der Waals surface area contributed by atoms with Crippen LogP contribution in [0.1, 0.15) is 84.9 Å². The molecular formula is C31H50N6O3. The Morgan fingerprint density at radius 1 is 1.12 bits per heavy atom. The van der Waals surface area contributed by atoms with Crippen LogP contribution in [0.5, 0.6) is 0 Å². The minimum absolute atomic E-state index is 0.0168. The molecule has 0 N–H and O–H groups in total. The lowest BCUT2D eigenvalue weighted by Crippen LogP contribution is -2.64. The molecule has 1 spiro atoms. The van der Waals surface area contributed by atoms with Gasteiger partial charge in [0.1, 0.15) is 5.60 Å². The number of amides is 2. The first kappa shape index (κ1) is 27.9. The molecule has 1 aliphatic carbocycles. The van der Waals surface area contributed by atoms with E-state index < -0.39 is 5.60 Å². The van der Waals surface area contributed by atoms with Gasteiger partial charge in [-0.1, -0.05) is 0 Å². The van der Waals surface area contributed by atoms with Crippen molar-refractivity contribution in [2.45, 2.75) is 103 Å². The quantitative estimate of drug-likeness (QED) is 0.552. The summed E-state index contributed by atoms with van der Waals surface area (Å²) < 4.78 is 7.79. The fourth-order valence-corrected chi connectivity index (χ4v) is 8.58. The minimum atomic E-state index is -0.449. The Kier molecular flexibility index (Phi) is 6.71. The maximum Gasteiger partial charge on any atom is 0.410 e. The van der Waals surface area contributed by atoms with E-state index in [1.165, 1.54) is 18.5 Å². The average molecular weight is 555 g/mol. The van der Waals surface area contributed by atoms with E-state index in [2.05, 4.69) is 41.3 Å². The van der Waals surface area contributed by atoms with Gasteiger partial charge in [-0.3, -0.25) is 14.4 Å². The molecular weight excluding hydrogens is 504 g/mol. The van der Waals surface area contributed by atoms with Crippen molar-refractivity contribution in [1.29, 1.82) is 0 Å². The second kappa shape index (κ2) is 9.63. The standard InChI is InChI=1S/C31H50N6O3/c1-21-13-25(32-37(21)24-15-31(16-24)19-35(20-31)28(39)40-29(2,3)4)36-12-10-22(14-30(36,5)6)17-34-11-8-9-23-18-33(7)27(38)26(23)34/h13,22-24,26H,8-12,14-20H2,1-7H3/t22-,23?,26?/m1/s1. The molecule has 9 nitrogen and oxygen atoms in total. The molecule has 2 unspecified atom stereocenters. The molecule has 1 aromatic heterocycles. The number of ether oxygens (including phenoxy) is 1. The SMILES string of the molecule is Cc1cc(N2CC[C@@H](CN3CCCC4CN(C)C(=O)C43)CC2(C)C)nn1C1CC2(C1)CN(C(=O)OC(C)(C)C)C2. The van der Waals surface area contributed by atoms with Crippen molar-refractivity contribution >= 4 is 17.8 Å². The molecule has 2 amide bonds.